The van der Waals surface area contributed by atoms with Crippen molar-refractivity contribution in [3.8, 4) is 0 Å². The van der Waals surface area contributed by atoms with Gasteiger partial charge in [-0.1, -0.05) is 38.3 Å². The third kappa shape index (κ3) is 2.94. The number of hydrogen-bond acceptors (Lipinski definition) is 2. The average molecular weight is 356 g/mol. The van der Waals surface area contributed by atoms with E-state index in [1.54, 1.807) is 0 Å². The zero-order valence-corrected chi connectivity index (χ0v) is 12.7. The molecule has 1 heterocycles. The smallest absolute Gasteiger partial charge is 0.206 e. The van der Waals surface area contributed by atoms with Crippen molar-refractivity contribution in [1.82, 2.24) is 0 Å². The van der Waals surface area contributed by atoms with Crippen molar-refractivity contribution >= 4 is 33.6 Å². The Morgan fingerprint density at radius 1 is 1.17 bits per heavy atom. The van der Waals surface area contributed by atoms with Crippen LogP contribution < -0.4 is 5.43 Å². The zero-order valence-electron chi connectivity index (χ0n) is 10.5. The molecule has 0 saturated carbocycles. The monoisotopic (exact) mass is 356 g/mol. The maximum absolute atomic E-state index is 12.2. The normalized spacial score (nSPS) is 11.0. The summed E-state index contributed by atoms with van der Waals surface area (Å²) in [5, 5.41) is 0.680. The molecule has 2 rings (SSSR count). The molecule has 3 heteroatoms. The highest BCUT2D eigenvalue weighted by atomic mass is 127. The van der Waals surface area contributed by atoms with Crippen molar-refractivity contribution in [2.45, 2.75) is 39.0 Å². The fourth-order valence-electron chi connectivity index (χ4n) is 2.04. The molecule has 0 fully saturated rings. The number of unbranched alkanes of at least 4 members (excludes halogenated alkanes) is 3. The summed E-state index contributed by atoms with van der Waals surface area (Å²) >= 11 is 2.11. The van der Waals surface area contributed by atoms with E-state index >= 15 is 0 Å². The molecule has 18 heavy (non-hydrogen) atoms. The lowest BCUT2D eigenvalue weighted by molar-refractivity contribution is 0.511. The van der Waals surface area contributed by atoms with E-state index in [9.17, 15) is 4.79 Å². The molecule has 0 radical (unpaired) electrons. The molecular formula is C15H17IO2. The fraction of sp³-hybridized carbons (Fsp3) is 0.400. The molecule has 0 amide bonds. The molecule has 2 aromatic rings. The minimum atomic E-state index is 0.0999. The van der Waals surface area contributed by atoms with Gasteiger partial charge in [-0.25, -0.2) is 0 Å². The van der Waals surface area contributed by atoms with E-state index in [1.807, 2.05) is 24.3 Å². The predicted octanol–water partition coefficient (Wildman–Crippen LogP) is 4.52. The minimum absolute atomic E-state index is 0.0999. The van der Waals surface area contributed by atoms with Crippen LogP contribution >= 0.6 is 22.6 Å². The number of fused-ring (bicyclic) bond motifs is 1. The van der Waals surface area contributed by atoms with Crippen molar-refractivity contribution < 1.29 is 4.42 Å². The number of aryl methyl sites for hydroxylation is 1. The molecule has 0 N–H and O–H groups in total. The Hall–Kier alpha value is -0.840. The van der Waals surface area contributed by atoms with E-state index in [2.05, 4.69) is 29.5 Å². The Morgan fingerprint density at radius 2 is 1.94 bits per heavy atom. The second-order valence-electron chi connectivity index (χ2n) is 4.48. The van der Waals surface area contributed by atoms with Crippen LogP contribution in [0.15, 0.2) is 33.5 Å². The first-order valence-corrected chi connectivity index (χ1v) is 7.52. The first-order chi connectivity index (χ1) is 8.74. The van der Waals surface area contributed by atoms with Crippen molar-refractivity contribution in [3.63, 3.8) is 0 Å². The van der Waals surface area contributed by atoms with Gasteiger partial charge >= 0.3 is 0 Å². The molecule has 96 valence electrons. The van der Waals surface area contributed by atoms with E-state index in [0.29, 0.717) is 11.0 Å². The lowest BCUT2D eigenvalue weighted by Gasteiger charge is -2.05. The highest BCUT2D eigenvalue weighted by Crippen LogP contribution is 2.19. The first-order valence-electron chi connectivity index (χ1n) is 6.44. The Morgan fingerprint density at radius 3 is 2.72 bits per heavy atom. The third-order valence-electron chi connectivity index (χ3n) is 3.07. The van der Waals surface area contributed by atoms with E-state index in [-0.39, 0.29) is 5.43 Å². The fourth-order valence-corrected chi connectivity index (χ4v) is 2.71. The van der Waals surface area contributed by atoms with Gasteiger partial charge in [0, 0.05) is 6.42 Å². The van der Waals surface area contributed by atoms with Gasteiger partial charge in [-0.05, 0) is 41.1 Å². The second kappa shape index (κ2) is 6.36. The summed E-state index contributed by atoms with van der Waals surface area (Å²) in [6, 6.07) is 7.46. The van der Waals surface area contributed by atoms with Crippen LogP contribution in [-0.2, 0) is 6.42 Å². The van der Waals surface area contributed by atoms with Gasteiger partial charge in [-0.2, -0.15) is 0 Å². The standard InChI is InChI=1S/C15H17IO2/c1-2-3-4-5-10-13-14(16)15(17)11-8-6-7-9-12(11)18-13/h6-9H,2-5,10H2,1H3. The number of benzene rings is 1. The molecule has 1 aromatic carbocycles. The molecule has 2 nitrogen and oxygen atoms in total. The lowest BCUT2D eigenvalue weighted by atomic mass is 10.1. The lowest BCUT2D eigenvalue weighted by Crippen LogP contribution is -2.09. The van der Waals surface area contributed by atoms with Crippen LogP contribution in [0.5, 0.6) is 0 Å². The SMILES string of the molecule is CCCCCCc1oc2ccccc2c(=O)c1I. The quantitative estimate of drug-likeness (QED) is 0.583. The molecular weight excluding hydrogens is 339 g/mol. The van der Waals surface area contributed by atoms with Gasteiger partial charge in [-0.3, -0.25) is 4.79 Å². The van der Waals surface area contributed by atoms with Crippen molar-refractivity contribution in [1.29, 1.82) is 0 Å². The average Bonchev–Trinajstić information content (AvgIpc) is 2.40. The van der Waals surface area contributed by atoms with Crippen LogP contribution in [0.4, 0.5) is 0 Å². The Bertz CT molecular complexity index is 587. The second-order valence-corrected chi connectivity index (χ2v) is 5.55. The van der Waals surface area contributed by atoms with Gasteiger partial charge in [-0.15, -0.1) is 0 Å². The Kier molecular flexibility index (Phi) is 4.80. The Labute approximate surface area is 121 Å². The summed E-state index contributed by atoms with van der Waals surface area (Å²) in [6.45, 7) is 2.19. The highest BCUT2D eigenvalue weighted by Gasteiger charge is 2.11. The largest absolute Gasteiger partial charge is 0.460 e. The van der Waals surface area contributed by atoms with E-state index in [1.165, 1.54) is 19.3 Å². The van der Waals surface area contributed by atoms with Crippen LogP contribution in [0.2, 0.25) is 0 Å². The maximum Gasteiger partial charge on any atom is 0.206 e. The molecule has 1 aromatic heterocycles. The van der Waals surface area contributed by atoms with Crippen LogP contribution in [0.1, 0.15) is 38.4 Å². The van der Waals surface area contributed by atoms with Crippen LogP contribution in [0, 0.1) is 3.57 Å². The molecule has 0 spiro atoms. The van der Waals surface area contributed by atoms with Crippen LogP contribution in [-0.4, -0.2) is 0 Å². The first kappa shape index (κ1) is 13.6. The summed E-state index contributed by atoms with van der Waals surface area (Å²) in [4.78, 5) is 12.2. The Balaban J connectivity index is 2.28. The molecule has 0 saturated heterocycles. The molecule has 0 aliphatic heterocycles. The van der Waals surface area contributed by atoms with E-state index in [4.69, 9.17) is 4.42 Å². The third-order valence-corrected chi connectivity index (χ3v) is 4.16. The van der Waals surface area contributed by atoms with E-state index < -0.39 is 0 Å². The predicted molar refractivity (Wildman–Crippen MR) is 83.0 cm³/mol. The summed E-state index contributed by atoms with van der Waals surface area (Å²) in [6.07, 6.45) is 5.61. The highest BCUT2D eigenvalue weighted by molar-refractivity contribution is 14.1. The summed E-state index contributed by atoms with van der Waals surface area (Å²) in [5.74, 6) is 0.843. The zero-order chi connectivity index (χ0) is 13.0. The number of halogens is 1. The summed E-state index contributed by atoms with van der Waals surface area (Å²) in [5.41, 5.74) is 0.802. The maximum atomic E-state index is 12.2. The minimum Gasteiger partial charge on any atom is -0.460 e. The molecule has 0 unspecified atom stereocenters. The number of hydrogen-bond donors (Lipinski definition) is 0. The summed E-state index contributed by atoms with van der Waals surface area (Å²) in [7, 11) is 0. The van der Waals surface area contributed by atoms with Gasteiger partial charge in [0.25, 0.3) is 0 Å². The van der Waals surface area contributed by atoms with E-state index in [0.717, 1.165) is 22.2 Å². The number of para-hydroxylation sites is 1. The van der Waals surface area contributed by atoms with Crippen molar-refractivity contribution in [3.05, 3.63) is 43.8 Å². The van der Waals surface area contributed by atoms with Crippen molar-refractivity contribution in [2.24, 2.45) is 0 Å². The van der Waals surface area contributed by atoms with Crippen LogP contribution in [0.25, 0.3) is 11.0 Å². The van der Waals surface area contributed by atoms with Crippen molar-refractivity contribution in [2.75, 3.05) is 0 Å². The summed E-state index contributed by atoms with van der Waals surface area (Å²) < 4.78 is 6.58. The van der Waals surface area contributed by atoms with Gasteiger partial charge in [0.2, 0.25) is 5.43 Å². The van der Waals surface area contributed by atoms with Gasteiger partial charge < -0.3 is 4.42 Å². The van der Waals surface area contributed by atoms with Crippen LogP contribution in [0.3, 0.4) is 0 Å². The number of rotatable bonds is 5. The molecule has 0 bridgehead atoms. The van der Waals surface area contributed by atoms with Gasteiger partial charge in [0.15, 0.2) is 0 Å². The topological polar surface area (TPSA) is 30.2 Å². The molecule has 0 aliphatic rings. The molecule has 0 aliphatic carbocycles. The molecule has 0 atom stereocenters. The van der Waals surface area contributed by atoms with Gasteiger partial charge in [0.1, 0.15) is 11.3 Å². The van der Waals surface area contributed by atoms with Gasteiger partial charge in [0.05, 0.1) is 8.96 Å².